The SMILES string of the molecule is CC(C)C(N)CCN(C)C(=O)c1cccc(CN2CCCC2)c1. The van der Waals surface area contributed by atoms with Crippen LogP contribution in [0, 0.1) is 5.92 Å². The Balaban J connectivity index is 1.92. The second kappa shape index (κ2) is 8.46. The molecule has 2 rings (SSSR count). The molecule has 2 N–H and O–H groups in total. The van der Waals surface area contributed by atoms with E-state index in [1.807, 2.05) is 25.2 Å². The van der Waals surface area contributed by atoms with Crippen LogP contribution in [0.4, 0.5) is 0 Å². The monoisotopic (exact) mass is 317 g/mol. The van der Waals surface area contributed by atoms with Gasteiger partial charge in [0, 0.05) is 31.7 Å². The summed E-state index contributed by atoms with van der Waals surface area (Å²) in [7, 11) is 1.86. The van der Waals surface area contributed by atoms with Gasteiger partial charge in [0.25, 0.3) is 5.91 Å². The Morgan fingerprint density at radius 2 is 2.00 bits per heavy atom. The van der Waals surface area contributed by atoms with Gasteiger partial charge in [-0.25, -0.2) is 0 Å². The molecule has 1 aromatic rings. The fourth-order valence-corrected chi connectivity index (χ4v) is 3.00. The normalized spacial score (nSPS) is 16.7. The summed E-state index contributed by atoms with van der Waals surface area (Å²) in [5, 5.41) is 0. The van der Waals surface area contributed by atoms with Crippen molar-refractivity contribution in [2.75, 3.05) is 26.7 Å². The number of hydrogen-bond acceptors (Lipinski definition) is 3. The molecule has 4 nitrogen and oxygen atoms in total. The average molecular weight is 317 g/mol. The zero-order valence-corrected chi connectivity index (χ0v) is 14.8. The van der Waals surface area contributed by atoms with Crippen LogP contribution < -0.4 is 5.73 Å². The van der Waals surface area contributed by atoms with E-state index in [2.05, 4.69) is 24.8 Å². The van der Waals surface area contributed by atoms with Crippen molar-refractivity contribution >= 4 is 5.91 Å². The van der Waals surface area contributed by atoms with Crippen LogP contribution in [0.3, 0.4) is 0 Å². The number of carbonyl (C=O) groups excluding carboxylic acids is 1. The molecule has 4 heteroatoms. The first-order chi connectivity index (χ1) is 11.0. The van der Waals surface area contributed by atoms with Crippen LogP contribution in [-0.2, 0) is 6.54 Å². The molecule has 1 atom stereocenters. The molecule has 0 aromatic heterocycles. The summed E-state index contributed by atoms with van der Waals surface area (Å²) in [5.41, 5.74) is 8.08. The van der Waals surface area contributed by atoms with E-state index in [-0.39, 0.29) is 11.9 Å². The smallest absolute Gasteiger partial charge is 0.253 e. The highest BCUT2D eigenvalue weighted by molar-refractivity contribution is 5.94. The first-order valence-corrected chi connectivity index (χ1v) is 8.79. The second-order valence-electron chi connectivity index (χ2n) is 7.11. The Kier molecular flexibility index (Phi) is 6.60. The van der Waals surface area contributed by atoms with E-state index >= 15 is 0 Å². The van der Waals surface area contributed by atoms with E-state index in [1.54, 1.807) is 4.90 Å². The Morgan fingerprint density at radius 1 is 1.30 bits per heavy atom. The van der Waals surface area contributed by atoms with Crippen molar-refractivity contribution in [3.8, 4) is 0 Å². The van der Waals surface area contributed by atoms with E-state index < -0.39 is 0 Å². The van der Waals surface area contributed by atoms with Gasteiger partial charge in [-0.1, -0.05) is 26.0 Å². The van der Waals surface area contributed by atoms with Gasteiger partial charge in [0.1, 0.15) is 0 Å². The van der Waals surface area contributed by atoms with Crippen LogP contribution in [0.5, 0.6) is 0 Å². The van der Waals surface area contributed by atoms with Crippen LogP contribution in [-0.4, -0.2) is 48.4 Å². The van der Waals surface area contributed by atoms with Gasteiger partial charge in [-0.2, -0.15) is 0 Å². The molecule has 23 heavy (non-hydrogen) atoms. The minimum Gasteiger partial charge on any atom is -0.342 e. The van der Waals surface area contributed by atoms with Gasteiger partial charge in [-0.05, 0) is 56.0 Å². The predicted molar refractivity (Wildman–Crippen MR) is 95.3 cm³/mol. The molecule has 0 radical (unpaired) electrons. The van der Waals surface area contributed by atoms with Crippen molar-refractivity contribution in [2.45, 2.75) is 45.7 Å². The molecule has 1 saturated heterocycles. The summed E-state index contributed by atoms with van der Waals surface area (Å²) >= 11 is 0. The molecule has 1 aromatic carbocycles. The lowest BCUT2D eigenvalue weighted by Gasteiger charge is -2.22. The van der Waals surface area contributed by atoms with Crippen molar-refractivity contribution in [1.29, 1.82) is 0 Å². The van der Waals surface area contributed by atoms with Crippen LogP contribution in [0.2, 0.25) is 0 Å². The molecular formula is C19H31N3O. The average Bonchev–Trinajstić information content (AvgIpc) is 3.04. The van der Waals surface area contributed by atoms with Gasteiger partial charge in [0.2, 0.25) is 0 Å². The van der Waals surface area contributed by atoms with E-state index in [4.69, 9.17) is 5.73 Å². The number of nitrogens with zero attached hydrogens (tertiary/aromatic N) is 2. The maximum Gasteiger partial charge on any atom is 0.253 e. The van der Waals surface area contributed by atoms with E-state index in [9.17, 15) is 4.79 Å². The number of rotatable bonds is 7. The highest BCUT2D eigenvalue weighted by Crippen LogP contribution is 2.15. The molecule has 1 aliphatic heterocycles. The minimum absolute atomic E-state index is 0.0872. The molecule has 128 valence electrons. The van der Waals surface area contributed by atoms with Crippen LogP contribution in [0.15, 0.2) is 24.3 Å². The highest BCUT2D eigenvalue weighted by Gasteiger charge is 2.16. The third-order valence-electron chi connectivity index (χ3n) is 4.78. The maximum atomic E-state index is 12.6. The van der Waals surface area contributed by atoms with E-state index in [1.165, 1.54) is 31.5 Å². The molecule has 0 saturated carbocycles. The molecule has 1 heterocycles. The number of carbonyl (C=O) groups is 1. The zero-order chi connectivity index (χ0) is 16.8. The van der Waals surface area contributed by atoms with Crippen molar-refractivity contribution in [3.63, 3.8) is 0 Å². The van der Waals surface area contributed by atoms with Crippen molar-refractivity contribution in [2.24, 2.45) is 11.7 Å². The standard InChI is InChI=1S/C19H31N3O/c1-15(2)18(20)9-12-21(3)19(23)17-8-6-7-16(13-17)14-22-10-4-5-11-22/h6-8,13,15,18H,4-5,9-12,14,20H2,1-3H3. The lowest BCUT2D eigenvalue weighted by molar-refractivity contribution is 0.0789. The molecule has 1 aliphatic rings. The summed E-state index contributed by atoms with van der Waals surface area (Å²) in [6.45, 7) is 8.23. The number of likely N-dealkylation sites (tertiary alicyclic amines) is 1. The fraction of sp³-hybridized carbons (Fsp3) is 0.632. The molecular weight excluding hydrogens is 286 g/mol. The Bertz CT molecular complexity index is 509. The third-order valence-corrected chi connectivity index (χ3v) is 4.78. The lowest BCUT2D eigenvalue weighted by atomic mass is 10.0. The molecule has 1 fully saturated rings. The molecule has 0 spiro atoms. The number of hydrogen-bond donors (Lipinski definition) is 1. The van der Waals surface area contributed by atoms with Crippen LogP contribution in [0.1, 0.15) is 49.0 Å². The van der Waals surface area contributed by atoms with Crippen LogP contribution >= 0.6 is 0 Å². The van der Waals surface area contributed by atoms with Crippen LogP contribution in [0.25, 0.3) is 0 Å². The van der Waals surface area contributed by atoms with Gasteiger partial charge < -0.3 is 10.6 Å². The van der Waals surface area contributed by atoms with Gasteiger partial charge in [-0.15, -0.1) is 0 Å². The number of nitrogens with two attached hydrogens (primary N) is 1. The van der Waals surface area contributed by atoms with E-state index in [0.717, 1.165) is 18.5 Å². The molecule has 1 amide bonds. The van der Waals surface area contributed by atoms with Gasteiger partial charge >= 0.3 is 0 Å². The molecule has 1 unspecified atom stereocenters. The van der Waals surface area contributed by atoms with Crippen molar-refractivity contribution < 1.29 is 4.79 Å². The number of benzene rings is 1. The van der Waals surface area contributed by atoms with Gasteiger partial charge in [0.15, 0.2) is 0 Å². The predicted octanol–water partition coefficient (Wildman–Crippen LogP) is 2.73. The summed E-state index contributed by atoms with van der Waals surface area (Å²) < 4.78 is 0. The van der Waals surface area contributed by atoms with Gasteiger partial charge in [0.05, 0.1) is 0 Å². The quantitative estimate of drug-likeness (QED) is 0.841. The fourth-order valence-electron chi connectivity index (χ4n) is 3.00. The largest absolute Gasteiger partial charge is 0.342 e. The molecule has 0 aliphatic carbocycles. The summed E-state index contributed by atoms with van der Waals surface area (Å²) in [4.78, 5) is 16.8. The topological polar surface area (TPSA) is 49.6 Å². The Morgan fingerprint density at radius 3 is 2.65 bits per heavy atom. The summed E-state index contributed by atoms with van der Waals surface area (Å²) in [6, 6.07) is 8.20. The first-order valence-electron chi connectivity index (χ1n) is 8.79. The first kappa shape index (κ1) is 18.0. The highest BCUT2D eigenvalue weighted by atomic mass is 16.2. The Hall–Kier alpha value is -1.39. The Labute approximate surface area is 140 Å². The molecule has 0 bridgehead atoms. The minimum atomic E-state index is 0.0872. The van der Waals surface area contributed by atoms with Gasteiger partial charge in [-0.3, -0.25) is 9.69 Å². The second-order valence-corrected chi connectivity index (χ2v) is 7.11. The van der Waals surface area contributed by atoms with Crippen molar-refractivity contribution in [1.82, 2.24) is 9.80 Å². The van der Waals surface area contributed by atoms with E-state index in [0.29, 0.717) is 12.5 Å². The summed E-state index contributed by atoms with van der Waals surface area (Å²) in [5.74, 6) is 0.534. The zero-order valence-electron chi connectivity index (χ0n) is 14.8. The lowest BCUT2D eigenvalue weighted by Crippen LogP contribution is -2.34. The van der Waals surface area contributed by atoms with Crippen molar-refractivity contribution in [3.05, 3.63) is 35.4 Å². The third kappa shape index (κ3) is 5.33. The summed E-state index contributed by atoms with van der Waals surface area (Å²) in [6.07, 6.45) is 3.42. The number of amides is 1. The maximum absolute atomic E-state index is 12.6.